The van der Waals surface area contributed by atoms with Crippen LogP contribution >= 0.6 is 31.9 Å². The molecular formula is C15H12Br2N2O. The molecule has 1 N–H and O–H groups in total. The maximum atomic E-state index is 10.3. The van der Waals surface area contributed by atoms with E-state index in [2.05, 4.69) is 43.8 Å². The summed E-state index contributed by atoms with van der Waals surface area (Å²) in [6.07, 6.45) is 0. The number of rotatable bonds is 0. The van der Waals surface area contributed by atoms with Crippen LogP contribution in [0.4, 0.5) is 0 Å². The molecule has 102 valence electrons. The van der Waals surface area contributed by atoms with Crippen LogP contribution in [0, 0.1) is 20.8 Å². The minimum Gasteiger partial charge on any atom is -0.504 e. The topological polar surface area (TPSA) is 46.0 Å². The molecule has 2 aromatic carbocycles. The van der Waals surface area contributed by atoms with E-state index >= 15 is 0 Å². The van der Waals surface area contributed by atoms with Gasteiger partial charge in [0, 0.05) is 4.47 Å². The van der Waals surface area contributed by atoms with Crippen molar-refractivity contribution < 1.29 is 5.11 Å². The fourth-order valence-corrected chi connectivity index (χ4v) is 3.36. The van der Waals surface area contributed by atoms with Gasteiger partial charge in [-0.1, -0.05) is 6.07 Å². The number of benzene rings is 2. The van der Waals surface area contributed by atoms with Crippen LogP contribution < -0.4 is 0 Å². The van der Waals surface area contributed by atoms with Crippen LogP contribution in [0.25, 0.3) is 22.1 Å². The molecule has 0 aliphatic heterocycles. The SMILES string of the molecule is Cc1ccc2nc3c(O)c(Br)c(C)c(Br)c3nc2c1C. The van der Waals surface area contributed by atoms with Crippen molar-refractivity contribution in [3.8, 4) is 5.75 Å². The molecule has 0 saturated carbocycles. The number of aromatic nitrogens is 2. The second-order valence-corrected chi connectivity index (χ2v) is 6.48. The molecule has 0 aliphatic carbocycles. The van der Waals surface area contributed by atoms with Crippen molar-refractivity contribution in [2.45, 2.75) is 20.8 Å². The van der Waals surface area contributed by atoms with Gasteiger partial charge in [0.15, 0.2) is 5.75 Å². The molecule has 3 aromatic rings. The largest absolute Gasteiger partial charge is 0.504 e. The lowest BCUT2D eigenvalue weighted by Gasteiger charge is -2.11. The van der Waals surface area contributed by atoms with Gasteiger partial charge in [0.2, 0.25) is 0 Å². The highest BCUT2D eigenvalue weighted by atomic mass is 79.9. The average Bonchev–Trinajstić information content (AvgIpc) is 2.45. The lowest BCUT2D eigenvalue weighted by molar-refractivity contribution is 0.476. The van der Waals surface area contributed by atoms with Crippen LogP contribution in [0.5, 0.6) is 5.75 Å². The number of fused-ring (bicyclic) bond motifs is 2. The predicted octanol–water partition coefficient (Wildman–Crippen LogP) is 4.94. The first-order valence-corrected chi connectivity index (χ1v) is 7.74. The summed E-state index contributed by atoms with van der Waals surface area (Å²) >= 11 is 6.94. The zero-order valence-electron chi connectivity index (χ0n) is 11.3. The van der Waals surface area contributed by atoms with Crippen LogP contribution in [0.3, 0.4) is 0 Å². The second kappa shape index (κ2) is 4.67. The molecule has 0 amide bonds. The van der Waals surface area contributed by atoms with Crippen LogP contribution in [0.1, 0.15) is 16.7 Å². The molecule has 20 heavy (non-hydrogen) atoms. The number of phenols is 1. The van der Waals surface area contributed by atoms with Crippen LogP contribution in [0.15, 0.2) is 21.1 Å². The van der Waals surface area contributed by atoms with Gasteiger partial charge in [-0.2, -0.15) is 0 Å². The van der Waals surface area contributed by atoms with Crippen molar-refractivity contribution >= 4 is 53.9 Å². The van der Waals surface area contributed by atoms with Gasteiger partial charge in [-0.3, -0.25) is 0 Å². The van der Waals surface area contributed by atoms with E-state index in [-0.39, 0.29) is 5.75 Å². The summed E-state index contributed by atoms with van der Waals surface area (Å²) in [6.45, 7) is 6.01. The maximum absolute atomic E-state index is 10.3. The van der Waals surface area contributed by atoms with E-state index < -0.39 is 0 Å². The Bertz CT molecular complexity index is 875. The molecule has 3 rings (SSSR count). The number of hydrogen-bond acceptors (Lipinski definition) is 3. The molecule has 0 fully saturated rings. The zero-order valence-corrected chi connectivity index (χ0v) is 14.4. The van der Waals surface area contributed by atoms with Gasteiger partial charge in [0.25, 0.3) is 0 Å². The minimum atomic E-state index is 0.133. The smallest absolute Gasteiger partial charge is 0.158 e. The number of aryl methyl sites for hydroxylation is 2. The van der Waals surface area contributed by atoms with Crippen LogP contribution in [0.2, 0.25) is 0 Å². The zero-order chi connectivity index (χ0) is 14.6. The summed E-state index contributed by atoms with van der Waals surface area (Å²) in [5.74, 6) is 0.133. The van der Waals surface area contributed by atoms with E-state index in [0.29, 0.717) is 15.5 Å². The lowest BCUT2D eigenvalue weighted by atomic mass is 10.1. The van der Waals surface area contributed by atoms with E-state index in [9.17, 15) is 5.11 Å². The van der Waals surface area contributed by atoms with Gasteiger partial charge in [0.1, 0.15) is 11.0 Å². The highest BCUT2D eigenvalue weighted by Gasteiger charge is 2.17. The van der Waals surface area contributed by atoms with Gasteiger partial charge in [0.05, 0.1) is 15.5 Å². The van der Waals surface area contributed by atoms with Crippen molar-refractivity contribution in [2.24, 2.45) is 0 Å². The molecule has 1 aromatic heterocycles. The molecule has 0 saturated heterocycles. The lowest BCUT2D eigenvalue weighted by Crippen LogP contribution is -1.95. The molecule has 1 heterocycles. The quantitative estimate of drug-likeness (QED) is 0.548. The summed E-state index contributed by atoms with van der Waals surface area (Å²) in [4.78, 5) is 9.28. The monoisotopic (exact) mass is 394 g/mol. The fraction of sp³-hybridized carbons (Fsp3) is 0.200. The van der Waals surface area contributed by atoms with Crippen LogP contribution in [-0.4, -0.2) is 15.1 Å². The Morgan fingerprint density at radius 2 is 1.55 bits per heavy atom. The van der Waals surface area contributed by atoms with Crippen molar-refractivity contribution in [1.29, 1.82) is 0 Å². The molecule has 0 aliphatic rings. The van der Waals surface area contributed by atoms with E-state index in [0.717, 1.165) is 26.6 Å². The third-order valence-electron chi connectivity index (χ3n) is 3.66. The van der Waals surface area contributed by atoms with Gasteiger partial charge >= 0.3 is 0 Å². The molecule has 0 spiro atoms. The summed E-state index contributed by atoms with van der Waals surface area (Å²) in [6, 6.07) is 3.96. The number of phenolic OH excluding ortho intramolecular Hbond substituents is 1. The molecular weight excluding hydrogens is 384 g/mol. The van der Waals surface area contributed by atoms with Crippen molar-refractivity contribution in [3.63, 3.8) is 0 Å². The third kappa shape index (κ3) is 1.84. The Morgan fingerprint density at radius 3 is 2.25 bits per heavy atom. The Labute approximate surface area is 133 Å². The van der Waals surface area contributed by atoms with E-state index in [1.165, 1.54) is 5.56 Å². The van der Waals surface area contributed by atoms with E-state index in [1.54, 1.807) is 0 Å². The summed E-state index contributed by atoms with van der Waals surface area (Å²) < 4.78 is 1.50. The second-order valence-electron chi connectivity index (χ2n) is 4.90. The van der Waals surface area contributed by atoms with E-state index in [4.69, 9.17) is 4.98 Å². The average molecular weight is 396 g/mol. The number of nitrogens with zero attached hydrogens (tertiary/aromatic N) is 2. The highest BCUT2D eigenvalue weighted by molar-refractivity contribution is 9.11. The fourth-order valence-electron chi connectivity index (χ4n) is 2.23. The summed E-state index contributed by atoms with van der Waals surface area (Å²) in [5.41, 5.74) is 6.06. The Balaban J connectivity index is 2.58. The standard InChI is InChI=1S/C15H12Br2N2O/c1-6-4-5-9-12(7(6)2)19-13-10(16)8(3)11(17)15(20)14(13)18-9/h4-5,20H,1-3H3. The van der Waals surface area contributed by atoms with Gasteiger partial charge < -0.3 is 5.11 Å². The predicted molar refractivity (Wildman–Crippen MR) is 88.3 cm³/mol. The van der Waals surface area contributed by atoms with Gasteiger partial charge in [-0.15, -0.1) is 0 Å². The normalized spacial score (nSPS) is 11.4. The molecule has 0 unspecified atom stereocenters. The summed E-state index contributed by atoms with van der Waals surface area (Å²) in [7, 11) is 0. The number of hydrogen-bond donors (Lipinski definition) is 1. The number of halogens is 2. The van der Waals surface area contributed by atoms with Gasteiger partial charge in [-0.05, 0) is 75.4 Å². The van der Waals surface area contributed by atoms with Crippen LogP contribution in [-0.2, 0) is 0 Å². The molecule has 5 heteroatoms. The van der Waals surface area contributed by atoms with Crippen molar-refractivity contribution in [3.05, 3.63) is 37.8 Å². The molecule has 0 bridgehead atoms. The minimum absolute atomic E-state index is 0.133. The maximum Gasteiger partial charge on any atom is 0.158 e. The van der Waals surface area contributed by atoms with Crippen molar-refractivity contribution in [1.82, 2.24) is 9.97 Å². The third-order valence-corrected chi connectivity index (χ3v) is 5.60. The Kier molecular flexibility index (Phi) is 3.21. The van der Waals surface area contributed by atoms with Gasteiger partial charge in [-0.25, -0.2) is 9.97 Å². The first kappa shape index (κ1) is 13.8. The summed E-state index contributed by atoms with van der Waals surface area (Å²) in [5, 5.41) is 10.3. The number of aromatic hydroxyl groups is 1. The van der Waals surface area contributed by atoms with Crippen molar-refractivity contribution in [2.75, 3.05) is 0 Å². The first-order valence-electron chi connectivity index (χ1n) is 6.16. The molecule has 3 nitrogen and oxygen atoms in total. The molecule has 0 radical (unpaired) electrons. The Morgan fingerprint density at radius 1 is 0.850 bits per heavy atom. The van der Waals surface area contributed by atoms with E-state index in [1.807, 2.05) is 26.0 Å². The Hall–Kier alpha value is -1.20. The molecule has 0 atom stereocenters. The first-order chi connectivity index (χ1) is 9.41. The highest BCUT2D eigenvalue weighted by Crippen LogP contribution is 2.40.